The van der Waals surface area contributed by atoms with E-state index in [-0.39, 0.29) is 11.6 Å². The van der Waals surface area contributed by atoms with Gasteiger partial charge in [-0.25, -0.2) is 9.78 Å². The minimum Gasteiger partial charge on any atom is -0.447 e. The molecule has 3 aromatic rings. The summed E-state index contributed by atoms with van der Waals surface area (Å²) in [5.74, 6) is 0.582. The van der Waals surface area contributed by atoms with Crippen molar-refractivity contribution < 1.29 is 13.9 Å². The second-order valence-electron chi connectivity index (χ2n) is 5.50. The van der Waals surface area contributed by atoms with Crippen molar-refractivity contribution in [1.29, 1.82) is 0 Å². The molecule has 116 valence electrons. The van der Waals surface area contributed by atoms with E-state index in [1.165, 1.54) is 6.39 Å². The van der Waals surface area contributed by atoms with Gasteiger partial charge in [0.2, 0.25) is 0 Å². The SMILES string of the molecule is CC(C)c1ocnc1C(=O)Oc1ccc(-c2ccccc2)cc1. The summed E-state index contributed by atoms with van der Waals surface area (Å²) >= 11 is 0. The molecule has 0 amide bonds. The van der Waals surface area contributed by atoms with Crippen molar-refractivity contribution in [1.82, 2.24) is 4.98 Å². The smallest absolute Gasteiger partial charge is 0.366 e. The number of rotatable bonds is 4. The molecule has 3 rings (SSSR count). The Morgan fingerprint density at radius 1 is 1.00 bits per heavy atom. The summed E-state index contributed by atoms with van der Waals surface area (Å²) in [6, 6.07) is 17.4. The van der Waals surface area contributed by atoms with Crippen LogP contribution in [0.5, 0.6) is 5.75 Å². The van der Waals surface area contributed by atoms with Crippen LogP contribution >= 0.6 is 0 Å². The van der Waals surface area contributed by atoms with Crippen LogP contribution in [0.2, 0.25) is 0 Å². The average Bonchev–Trinajstić information content (AvgIpc) is 3.06. The van der Waals surface area contributed by atoms with Crippen molar-refractivity contribution in [2.24, 2.45) is 0 Å². The first kappa shape index (κ1) is 15.0. The maximum Gasteiger partial charge on any atom is 0.366 e. The average molecular weight is 307 g/mol. The third-order valence-electron chi connectivity index (χ3n) is 3.48. The topological polar surface area (TPSA) is 52.3 Å². The molecule has 1 aromatic heterocycles. The number of ether oxygens (including phenoxy) is 1. The highest BCUT2D eigenvalue weighted by Crippen LogP contribution is 2.24. The molecule has 0 radical (unpaired) electrons. The molecule has 0 aliphatic carbocycles. The number of nitrogens with zero attached hydrogens (tertiary/aromatic N) is 1. The fraction of sp³-hybridized carbons (Fsp3) is 0.158. The van der Waals surface area contributed by atoms with Gasteiger partial charge < -0.3 is 9.15 Å². The van der Waals surface area contributed by atoms with Gasteiger partial charge in [-0.05, 0) is 23.3 Å². The number of oxazole rings is 1. The lowest BCUT2D eigenvalue weighted by Gasteiger charge is -2.06. The fourth-order valence-corrected chi connectivity index (χ4v) is 2.32. The molecule has 23 heavy (non-hydrogen) atoms. The van der Waals surface area contributed by atoms with Crippen molar-refractivity contribution in [3.05, 3.63) is 72.4 Å². The molecule has 0 unspecified atom stereocenters. The van der Waals surface area contributed by atoms with Gasteiger partial charge in [0.15, 0.2) is 12.1 Å². The molecule has 4 heteroatoms. The number of carbonyl (C=O) groups excluding carboxylic acids is 1. The quantitative estimate of drug-likeness (QED) is 0.518. The summed E-state index contributed by atoms with van der Waals surface area (Å²) in [5.41, 5.74) is 2.41. The summed E-state index contributed by atoms with van der Waals surface area (Å²) in [6.45, 7) is 3.87. The maximum atomic E-state index is 12.2. The summed E-state index contributed by atoms with van der Waals surface area (Å²) in [6.07, 6.45) is 1.27. The van der Waals surface area contributed by atoms with E-state index in [9.17, 15) is 4.79 Å². The Kier molecular flexibility index (Phi) is 4.24. The highest BCUT2D eigenvalue weighted by molar-refractivity contribution is 5.90. The van der Waals surface area contributed by atoms with Crippen molar-refractivity contribution in [2.45, 2.75) is 19.8 Å². The van der Waals surface area contributed by atoms with Gasteiger partial charge in [0, 0.05) is 5.92 Å². The molecule has 0 atom stereocenters. The van der Waals surface area contributed by atoms with Crippen LogP contribution in [0.25, 0.3) is 11.1 Å². The summed E-state index contributed by atoms with van der Waals surface area (Å²) in [4.78, 5) is 16.2. The normalized spacial score (nSPS) is 10.7. The van der Waals surface area contributed by atoms with E-state index in [1.807, 2.05) is 56.3 Å². The Labute approximate surface area is 134 Å². The zero-order valence-corrected chi connectivity index (χ0v) is 13.0. The van der Waals surface area contributed by atoms with Gasteiger partial charge in [0.1, 0.15) is 11.5 Å². The van der Waals surface area contributed by atoms with E-state index >= 15 is 0 Å². The van der Waals surface area contributed by atoms with Crippen LogP contribution in [0.3, 0.4) is 0 Å². The number of hydrogen-bond acceptors (Lipinski definition) is 4. The monoisotopic (exact) mass is 307 g/mol. The zero-order chi connectivity index (χ0) is 16.2. The summed E-state index contributed by atoms with van der Waals surface area (Å²) in [5, 5.41) is 0. The van der Waals surface area contributed by atoms with Gasteiger partial charge in [0.05, 0.1) is 0 Å². The Hall–Kier alpha value is -2.88. The molecule has 0 fully saturated rings. The Morgan fingerprint density at radius 2 is 1.65 bits per heavy atom. The molecule has 2 aromatic carbocycles. The van der Waals surface area contributed by atoms with Gasteiger partial charge in [-0.1, -0.05) is 56.3 Å². The minimum absolute atomic E-state index is 0.0699. The van der Waals surface area contributed by atoms with Crippen LogP contribution in [0, 0.1) is 0 Å². The molecule has 0 bridgehead atoms. The number of carbonyl (C=O) groups is 1. The molecular weight excluding hydrogens is 290 g/mol. The van der Waals surface area contributed by atoms with Crippen molar-refractivity contribution in [3.8, 4) is 16.9 Å². The first-order valence-corrected chi connectivity index (χ1v) is 7.46. The number of hydrogen-bond donors (Lipinski definition) is 0. The highest BCUT2D eigenvalue weighted by Gasteiger charge is 2.21. The predicted octanol–water partition coefficient (Wildman–Crippen LogP) is 4.68. The molecule has 0 spiro atoms. The molecule has 0 saturated carbocycles. The van der Waals surface area contributed by atoms with E-state index < -0.39 is 5.97 Å². The lowest BCUT2D eigenvalue weighted by molar-refractivity contribution is 0.0726. The largest absolute Gasteiger partial charge is 0.447 e. The second-order valence-corrected chi connectivity index (χ2v) is 5.50. The summed E-state index contributed by atoms with van der Waals surface area (Å²) < 4.78 is 10.6. The van der Waals surface area contributed by atoms with Gasteiger partial charge in [0.25, 0.3) is 0 Å². The van der Waals surface area contributed by atoms with Crippen molar-refractivity contribution in [3.63, 3.8) is 0 Å². The van der Waals surface area contributed by atoms with Gasteiger partial charge >= 0.3 is 5.97 Å². The summed E-state index contributed by atoms with van der Waals surface area (Å²) in [7, 11) is 0. The highest BCUT2D eigenvalue weighted by atomic mass is 16.5. The lowest BCUT2D eigenvalue weighted by Crippen LogP contribution is -2.11. The van der Waals surface area contributed by atoms with Gasteiger partial charge in [-0.2, -0.15) is 0 Å². The van der Waals surface area contributed by atoms with Crippen LogP contribution in [-0.2, 0) is 0 Å². The van der Waals surface area contributed by atoms with Crippen molar-refractivity contribution >= 4 is 5.97 Å². The third kappa shape index (κ3) is 3.31. The lowest BCUT2D eigenvalue weighted by atomic mass is 10.1. The number of aromatic nitrogens is 1. The van der Waals surface area contributed by atoms with Crippen LogP contribution < -0.4 is 4.74 Å². The molecule has 0 saturated heterocycles. The van der Waals surface area contributed by atoms with E-state index in [0.717, 1.165) is 11.1 Å². The van der Waals surface area contributed by atoms with Crippen LogP contribution in [0.1, 0.15) is 36.0 Å². The predicted molar refractivity (Wildman–Crippen MR) is 87.4 cm³/mol. The van der Waals surface area contributed by atoms with Crippen LogP contribution in [0.15, 0.2) is 65.4 Å². The first-order valence-electron chi connectivity index (χ1n) is 7.46. The van der Waals surface area contributed by atoms with E-state index in [2.05, 4.69) is 4.98 Å². The zero-order valence-electron chi connectivity index (χ0n) is 13.0. The molecular formula is C19H17NO3. The standard InChI is InChI=1S/C19H17NO3/c1-13(2)18-17(20-12-22-18)19(21)23-16-10-8-15(9-11-16)14-6-4-3-5-7-14/h3-13H,1-2H3. The minimum atomic E-state index is -0.505. The van der Waals surface area contributed by atoms with E-state index in [4.69, 9.17) is 9.15 Å². The third-order valence-corrected chi connectivity index (χ3v) is 3.48. The Balaban J connectivity index is 1.76. The fourth-order valence-electron chi connectivity index (χ4n) is 2.32. The first-order chi connectivity index (χ1) is 11.1. The van der Waals surface area contributed by atoms with E-state index in [1.54, 1.807) is 12.1 Å². The number of benzene rings is 2. The molecule has 0 N–H and O–H groups in total. The van der Waals surface area contributed by atoms with Crippen LogP contribution in [-0.4, -0.2) is 11.0 Å². The van der Waals surface area contributed by atoms with E-state index in [0.29, 0.717) is 11.5 Å². The molecule has 0 aliphatic heterocycles. The maximum absolute atomic E-state index is 12.2. The molecule has 4 nitrogen and oxygen atoms in total. The number of esters is 1. The second kappa shape index (κ2) is 6.48. The van der Waals surface area contributed by atoms with Gasteiger partial charge in [-0.3, -0.25) is 0 Å². The van der Waals surface area contributed by atoms with Crippen LogP contribution in [0.4, 0.5) is 0 Å². The Morgan fingerprint density at radius 3 is 2.30 bits per heavy atom. The van der Waals surface area contributed by atoms with Crippen molar-refractivity contribution in [2.75, 3.05) is 0 Å². The molecule has 1 heterocycles. The molecule has 0 aliphatic rings. The van der Waals surface area contributed by atoms with Gasteiger partial charge in [-0.15, -0.1) is 0 Å². The Bertz CT molecular complexity index is 789.